The Bertz CT molecular complexity index is 500. The summed E-state index contributed by atoms with van der Waals surface area (Å²) in [6, 6.07) is 0. The third-order valence-corrected chi connectivity index (χ3v) is 1.93. The molecule has 0 saturated carbocycles. The molecule has 0 bridgehead atoms. The summed E-state index contributed by atoms with van der Waals surface area (Å²) in [5.41, 5.74) is -6.30. The number of nitro groups is 1. The first kappa shape index (κ1) is 13.9. The summed E-state index contributed by atoms with van der Waals surface area (Å²) >= 11 is 0. The maximum Gasteiger partial charge on any atom is 0.424 e. The molecule has 0 N–H and O–H groups in total. The number of alkyl halides is 5. The molecule has 1 aromatic rings. The number of hydrogen-bond acceptors (Lipinski definition) is 4. The highest BCUT2D eigenvalue weighted by atomic mass is 19.4. The second-order valence-corrected chi connectivity index (χ2v) is 2.99. The van der Waals surface area contributed by atoms with E-state index in [4.69, 9.17) is 0 Å². The Morgan fingerprint density at radius 1 is 1.39 bits per heavy atom. The zero-order valence-corrected chi connectivity index (χ0v) is 8.24. The fourth-order valence-electron chi connectivity index (χ4n) is 1.23. The van der Waals surface area contributed by atoms with Crippen LogP contribution in [0, 0.1) is 10.1 Å². The van der Waals surface area contributed by atoms with Crippen LogP contribution in [0.5, 0.6) is 0 Å². The van der Waals surface area contributed by atoms with E-state index >= 15 is 0 Å². The predicted octanol–water partition coefficient (Wildman–Crippen LogP) is 2.76. The molecule has 0 aliphatic carbocycles. The van der Waals surface area contributed by atoms with Crippen LogP contribution in [0.3, 0.4) is 0 Å². The van der Waals surface area contributed by atoms with Gasteiger partial charge in [0.2, 0.25) is 0 Å². The number of aldehydes is 1. The molecule has 5 nitrogen and oxygen atoms in total. The van der Waals surface area contributed by atoms with Crippen LogP contribution in [0.15, 0.2) is 6.20 Å². The minimum atomic E-state index is -5.17. The van der Waals surface area contributed by atoms with Crippen LogP contribution in [0.4, 0.5) is 27.6 Å². The second kappa shape index (κ2) is 4.63. The molecular formula is C8H3F5N2O3. The van der Waals surface area contributed by atoms with Crippen LogP contribution in [0.1, 0.15) is 28.0 Å². The monoisotopic (exact) mass is 270 g/mol. The molecule has 0 unspecified atom stereocenters. The Morgan fingerprint density at radius 3 is 2.28 bits per heavy atom. The third kappa shape index (κ3) is 2.41. The lowest BCUT2D eigenvalue weighted by Gasteiger charge is -2.10. The Labute approximate surface area is 95.4 Å². The summed E-state index contributed by atoms with van der Waals surface area (Å²) in [4.78, 5) is 22.2. The van der Waals surface area contributed by atoms with Crippen molar-refractivity contribution in [2.45, 2.75) is 12.6 Å². The Morgan fingerprint density at radius 2 is 1.94 bits per heavy atom. The molecule has 18 heavy (non-hydrogen) atoms. The van der Waals surface area contributed by atoms with E-state index in [0.29, 0.717) is 0 Å². The highest BCUT2D eigenvalue weighted by Crippen LogP contribution is 2.39. The van der Waals surface area contributed by atoms with Gasteiger partial charge in [0.15, 0.2) is 11.8 Å². The van der Waals surface area contributed by atoms with E-state index in [1.54, 1.807) is 0 Å². The molecule has 0 aliphatic rings. The largest absolute Gasteiger partial charge is 0.424 e. The number of halogens is 5. The van der Waals surface area contributed by atoms with E-state index in [0.717, 1.165) is 0 Å². The fraction of sp³-hybridized carbons (Fsp3) is 0.250. The van der Waals surface area contributed by atoms with Crippen molar-refractivity contribution >= 4 is 12.0 Å². The van der Waals surface area contributed by atoms with Crippen LogP contribution in [0.25, 0.3) is 0 Å². The summed E-state index contributed by atoms with van der Waals surface area (Å²) in [6.45, 7) is 0. The Hall–Kier alpha value is -2.13. The highest BCUT2D eigenvalue weighted by molar-refractivity contribution is 5.84. The van der Waals surface area contributed by atoms with Gasteiger partial charge in [-0.2, -0.15) is 13.2 Å². The van der Waals surface area contributed by atoms with Crippen molar-refractivity contribution < 1.29 is 31.7 Å². The lowest BCUT2D eigenvalue weighted by atomic mass is 10.1. The standard InChI is InChI=1S/C8H3F5N2O3/c9-7(10)5-3(2-16)6(15(17)18)4(1-14-5)8(11,12)13/h1-2,7H. The van der Waals surface area contributed by atoms with Gasteiger partial charge in [-0.05, 0) is 0 Å². The topological polar surface area (TPSA) is 73.1 Å². The van der Waals surface area contributed by atoms with Crippen LogP contribution >= 0.6 is 0 Å². The molecule has 0 spiro atoms. The van der Waals surface area contributed by atoms with Crippen molar-refractivity contribution in [2.75, 3.05) is 0 Å². The van der Waals surface area contributed by atoms with Gasteiger partial charge >= 0.3 is 6.18 Å². The molecule has 10 heteroatoms. The van der Waals surface area contributed by atoms with Crippen LogP contribution in [-0.2, 0) is 6.18 Å². The third-order valence-electron chi connectivity index (χ3n) is 1.93. The van der Waals surface area contributed by atoms with Crippen molar-refractivity contribution in [3.8, 4) is 0 Å². The molecule has 0 saturated heterocycles. The molecule has 1 heterocycles. The first-order chi connectivity index (χ1) is 8.20. The molecule has 0 fully saturated rings. The van der Waals surface area contributed by atoms with Gasteiger partial charge in [0.25, 0.3) is 12.1 Å². The Kier molecular flexibility index (Phi) is 3.58. The fourth-order valence-corrected chi connectivity index (χ4v) is 1.23. The van der Waals surface area contributed by atoms with Crippen molar-refractivity contribution in [2.24, 2.45) is 0 Å². The second-order valence-electron chi connectivity index (χ2n) is 2.99. The molecule has 0 radical (unpaired) electrons. The first-order valence-corrected chi connectivity index (χ1v) is 4.18. The van der Waals surface area contributed by atoms with Gasteiger partial charge in [0.1, 0.15) is 11.3 Å². The number of nitrogens with zero attached hydrogens (tertiary/aromatic N) is 2. The van der Waals surface area contributed by atoms with E-state index in [9.17, 15) is 36.9 Å². The molecule has 1 aromatic heterocycles. The first-order valence-electron chi connectivity index (χ1n) is 4.18. The zero-order chi connectivity index (χ0) is 14.1. The normalized spacial score (nSPS) is 11.7. The number of rotatable bonds is 3. The summed E-state index contributed by atoms with van der Waals surface area (Å²) in [6.07, 6.45) is -9.10. The van der Waals surface area contributed by atoms with Crippen molar-refractivity contribution in [3.63, 3.8) is 0 Å². The lowest BCUT2D eigenvalue weighted by molar-refractivity contribution is -0.388. The van der Waals surface area contributed by atoms with Gasteiger partial charge in [0.05, 0.1) is 4.92 Å². The SMILES string of the molecule is O=Cc1c(C(F)F)ncc(C(F)(F)F)c1[N+](=O)[O-]. The van der Waals surface area contributed by atoms with Crippen LogP contribution < -0.4 is 0 Å². The molecule has 0 atom stereocenters. The molecule has 0 amide bonds. The maximum atomic E-state index is 12.4. The van der Waals surface area contributed by atoms with Crippen molar-refractivity contribution in [3.05, 3.63) is 33.1 Å². The smallest absolute Gasteiger partial charge is 0.298 e. The average molecular weight is 270 g/mol. The number of carbonyl (C=O) groups is 1. The lowest BCUT2D eigenvalue weighted by Crippen LogP contribution is -2.14. The molecule has 0 aromatic carbocycles. The van der Waals surface area contributed by atoms with Crippen LogP contribution in [0.2, 0.25) is 0 Å². The van der Waals surface area contributed by atoms with Crippen molar-refractivity contribution in [1.29, 1.82) is 0 Å². The van der Waals surface area contributed by atoms with Crippen molar-refractivity contribution in [1.82, 2.24) is 4.98 Å². The predicted molar refractivity (Wildman–Crippen MR) is 46.2 cm³/mol. The zero-order valence-electron chi connectivity index (χ0n) is 8.24. The van der Waals surface area contributed by atoms with E-state index in [-0.39, 0.29) is 6.20 Å². The summed E-state index contributed by atoms with van der Waals surface area (Å²) < 4.78 is 62.0. The summed E-state index contributed by atoms with van der Waals surface area (Å²) in [5.74, 6) is 0. The number of hydrogen-bond donors (Lipinski definition) is 0. The van der Waals surface area contributed by atoms with Gasteiger partial charge in [-0.25, -0.2) is 8.78 Å². The van der Waals surface area contributed by atoms with E-state index in [1.807, 2.05) is 0 Å². The van der Waals surface area contributed by atoms with Gasteiger partial charge in [0, 0.05) is 6.20 Å². The van der Waals surface area contributed by atoms with Gasteiger partial charge in [-0.1, -0.05) is 0 Å². The van der Waals surface area contributed by atoms with E-state index in [1.165, 1.54) is 0 Å². The minimum Gasteiger partial charge on any atom is -0.298 e. The van der Waals surface area contributed by atoms with Gasteiger partial charge in [-0.3, -0.25) is 19.9 Å². The number of aromatic nitrogens is 1. The number of pyridine rings is 1. The van der Waals surface area contributed by atoms with E-state index in [2.05, 4.69) is 4.98 Å². The van der Waals surface area contributed by atoms with Crippen LogP contribution in [-0.4, -0.2) is 16.2 Å². The minimum absolute atomic E-state index is 0.0906. The molecule has 1 rings (SSSR count). The molecular weight excluding hydrogens is 267 g/mol. The molecule has 98 valence electrons. The summed E-state index contributed by atoms with van der Waals surface area (Å²) in [5, 5.41) is 10.5. The maximum absolute atomic E-state index is 12.4. The molecule has 0 aliphatic heterocycles. The summed E-state index contributed by atoms with van der Waals surface area (Å²) in [7, 11) is 0. The Balaban J connectivity index is 3.70. The van der Waals surface area contributed by atoms with Gasteiger partial charge in [-0.15, -0.1) is 0 Å². The quantitative estimate of drug-likeness (QED) is 0.366. The highest BCUT2D eigenvalue weighted by Gasteiger charge is 2.42. The number of carbonyl (C=O) groups excluding carboxylic acids is 1. The average Bonchev–Trinajstić information content (AvgIpc) is 2.25. The van der Waals surface area contributed by atoms with E-state index < -0.39 is 46.3 Å². The van der Waals surface area contributed by atoms with Gasteiger partial charge < -0.3 is 0 Å².